The number of hydrogen-bond donors (Lipinski definition) is 0. The number of halogens is 1. The van der Waals surface area contributed by atoms with Crippen molar-refractivity contribution in [3.63, 3.8) is 0 Å². The molecule has 0 bridgehead atoms. The molecule has 0 rings (SSSR count). The van der Waals surface area contributed by atoms with Crippen molar-refractivity contribution in [2.75, 3.05) is 0 Å². The third-order valence-electron chi connectivity index (χ3n) is 0. The van der Waals surface area contributed by atoms with Gasteiger partial charge in [-0.3, -0.25) is 0 Å². The molecule has 23 valence electrons. The Morgan fingerprint density at radius 3 is 1.75 bits per heavy atom. The minimum Gasteiger partial charge on any atom is -0.147 e. The van der Waals surface area contributed by atoms with Crippen molar-refractivity contribution < 1.29 is 25.8 Å². The molecule has 0 saturated carbocycles. The summed E-state index contributed by atoms with van der Waals surface area (Å²) >= 11 is 1.20. The van der Waals surface area contributed by atoms with Gasteiger partial charge in [0.1, 0.15) is 0 Å². The molecule has 0 N–H and O–H groups in total. The Bertz CT molecular complexity index is 6.00. The first-order valence-electron chi connectivity index (χ1n) is 1.21. The molecule has 0 atom stereocenters. The third kappa shape index (κ3) is 10.7. The molecule has 0 radical (unpaired) electrons. The molecule has 0 aliphatic carbocycles. The molecule has 0 aromatic heterocycles. The van der Waals surface area contributed by atoms with Crippen LogP contribution in [0.3, 0.4) is 0 Å². The fraction of sp³-hybridized carbons (Fsp3) is 1.00. The Labute approximate surface area is 49.1 Å². The standard InChI is InChI=1S/C2H5.Cd.ClH/c1-2;;/h1H2,2H3;;1H. The third-order valence-corrected chi connectivity index (χ3v) is 0. The Hall–Kier alpha value is 1.21. The van der Waals surface area contributed by atoms with Gasteiger partial charge in [-0.15, -0.1) is 12.4 Å². The van der Waals surface area contributed by atoms with Gasteiger partial charge in [0.25, 0.3) is 0 Å². The molecule has 0 aliphatic rings. The second kappa shape index (κ2) is 8.88. The van der Waals surface area contributed by atoms with Gasteiger partial charge in [0.15, 0.2) is 0 Å². The fourth-order valence-corrected chi connectivity index (χ4v) is 0. The second-order valence-corrected chi connectivity index (χ2v) is 3.35. The van der Waals surface area contributed by atoms with Gasteiger partial charge in [-0.2, -0.15) is 0 Å². The van der Waals surface area contributed by atoms with Crippen LogP contribution >= 0.6 is 12.4 Å². The summed E-state index contributed by atoms with van der Waals surface area (Å²) in [5.41, 5.74) is 0. The first-order valence-corrected chi connectivity index (χ1v) is 4.06. The van der Waals surface area contributed by atoms with Gasteiger partial charge in [-0.05, 0) is 0 Å². The molecule has 0 fully saturated rings. The quantitative estimate of drug-likeness (QED) is 0.491. The molecule has 0 spiro atoms. The van der Waals surface area contributed by atoms with Crippen LogP contribution in [0.4, 0.5) is 0 Å². The van der Waals surface area contributed by atoms with E-state index >= 15 is 0 Å². The maximum absolute atomic E-state index is 2.20. The Balaban J connectivity index is 0. The SMILES string of the molecule is C[CH2][Cd].Cl. The van der Waals surface area contributed by atoms with E-state index in [1.807, 2.05) is 0 Å². The normalized spacial score (nSPS) is 4.75. The summed E-state index contributed by atoms with van der Waals surface area (Å²) in [5.74, 6) is 0. The predicted molar refractivity (Wildman–Crippen MR) is 17.7 cm³/mol. The molecule has 2 heteroatoms. The predicted octanol–water partition coefficient (Wildman–Crippen LogP) is 1.39. The van der Waals surface area contributed by atoms with Crippen molar-refractivity contribution in [1.29, 1.82) is 0 Å². The maximum Gasteiger partial charge on any atom is -0.147 e. The molecule has 0 aromatic carbocycles. The monoisotopic (exact) mass is 179 g/mol. The number of rotatable bonds is 0. The van der Waals surface area contributed by atoms with Gasteiger partial charge in [0.2, 0.25) is 0 Å². The zero-order valence-corrected chi connectivity index (χ0v) is 7.68. The van der Waals surface area contributed by atoms with E-state index in [0.717, 1.165) is 0 Å². The summed E-state index contributed by atoms with van der Waals surface area (Å²) < 4.78 is 1.42. The molecule has 0 aromatic rings. The van der Waals surface area contributed by atoms with Crippen molar-refractivity contribution in [2.45, 2.75) is 10.9 Å². The Morgan fingerprint density at radius 1 is 1.75 bits per heavy atom. The summed E-state index contributed by atoms with van der Waals surface area (Å²) in [5, 5.41) is 0. The zero-order valence-electron chi connectivity index (χ0n) is 2.82. The minimum absolute atomic E-state index is 0. The molecule has 0 aliphatic heterocycles. The molecule has 0 amide bonds. The summed E-state index contributed by atoms with van der Waals surface area (Å²) in [6, 6.07) is 0. The van der Waals surface area contributed by atoms with Crippen LogP contribution in [0, 0.1) is 0 Å². The largest absolute Gasteiger partial charge is 0.147 e. The van der Waals surface area contributed by atoms with Gasteiger partial charge in [0, 0.05) is 0 Å². The zero-order chi connectivity index (χ0) is 2.71. The van der Waals surface area contributed by atoms with Crippen LogP contribution in [0.5, 0.6) is 0 Å². The van der Waals surface area contributed by atoms with Crippen molar-refractivity contribution in [2.24, 2.45) is 0 Å². The fourth-order valence-electron chi connectivity index (χ4n) is 0. The molecular formula is C2H6CdCl. The van der Waals surface area contributed by atoms with Gasteiger partial charge < -0.3 is 0 Å². The van der Waals surface area contributed by atoms with E-state index < -0.39 is 0 Å². The topological polar surface area (TPSA) is 0 Å². The molecule has 0 saturated heterocycles. The van der Waals surface area contributed by atoms with Crippen LogP contribution in [-0.2, 0) is 25.8 Å². The first-order chi connectivity index (χ1) is 1.41. The molecule has 4 heavy (non-hydrogen) atoms. The van der Waals surface area contributed by atoms with Crippen LogP contribution in [0.1, 0.15) is 6.92 Å². The average molecular weight is 178 g/mol. The minimum atomic E-state index is 0. The summed E-state index contributed by atoms with van der Waals surface area (Å²) in [4.78, 5) is 0. The summed E-state index contributed by atoms with van der Waals surface area (Å²) in [6.45, 7) is 2.20. The van der Waals surface area contributed by atoms with Crippen molar-refractivity contribution in [3.05, 3.63) is 0 Å². The molecular weight excluding hydrogens is 172 g/mol. The Kier molecular flexibility index (Phi) is 19.9. The molecule has 0 unspecified atom stereocenters. The van der Waals surface area contributed by atoms with Gasteiger partial charge >= 0.3 is 36.7 Å². The smallest absolute Gasteiger partial charge is 0.147 e. The van der Waals surface area contributed by atoms with Crippen LogP contribution in [0.15, 0.2) is 0 Å². The van der Waals surface area contributed by atoms with Crippen molar-refractivity contribution >= 4 is 12.4 Å². The maximum atomic E-state index is 2.20. The molecule has 0 nitrogen and oxygen atoms in total. The van der Waals surface area contributed by atoms with Crippen LogP contribution in [0.2, 0.25) is 3.98 Å². The van der Waals surface area contributed by atoms with Gasteiger partial charge in [-0.25, -0.2) is 0 Å². The second-order valence-electron chi connectivity index (χ2n) is 0.500. The van der Waals surface area contributed by atoms with Crippen molar-refractivity contribution in [3.8, 4) is 0 Å². The van der Waals surface area contributed by atoms with E-state index in [2.05, 4.69) is 6.92 Å². The summed E-state index contributed by atoms with van der Waals surface area (Å²) in [6.07, 6.45) is 0. The van der Waals surface area contributed by atoms with Gasteiger partial charge in [-0.1, -0.05) is 0 Å². The number of hydrogen-bond acceptors (Lipinski definition) is 0. The first kappa shape index (κ1) is 8.96. The van der Waals surface area contributed by atoms with E-state index in [9.17, 15) is 0 Å². The van der Waals surface area contributed by atoms with E-state index in [-0.39, 0.29) is 12.4 Å². The van der Waals surface area contributed by atoms with E-state index in [0.29, 0.717) is 0 Å². The van der Waals surface area contributed by atoms with E-state index in [1.165, 1.54) is 29.7 Å². The van der Waals surface area contributed by atoms with Crippen LogP contribution < -0.4 is 0 Å². The van der Waals surface area contributed by atoms with E-state index in [1.54, 1.807) is 0 Å². The van der Waals surface area contributed by atoms with Gasteiger partial charge in [0.05, 0.1) is 0 Å². The van der Waals surface area contributed by atoms with Crippen LogP contribution in [-0.4, -0.2) is 0 Å². The van der Waals surface area contributed by atoms with Crippen molar-refractivity contribution in [1.82, 2.24) is 0 Å². The van der Waals surface area contributed by atoms with Crippen LogP contribution in [0.25, 0.3) is 0 Å². The molecule has 0 heterocycles. The Morgan fingerprint density at radius 2 is 1.75 bits per heavy atom. The summed E-state index contributed by atoms with van der Waals surface area (Å²) in [7, 11) is 0. The van der Waals surface area contributed by atoms with E-state index in [4.69, 9.17) is 0 Å². The average Bonchev–Trinajstić information content (AvgIpc) is 0.918.